The molecule has 0 unspecified atom stereocenters. The number of carbonyl (C=O) groups excluding carboxylic acids is 1. The van der Waals surface area contributed by atoms with Crippen molar-refractivity contribution < 1.29 is 13.6 Å². The summed E-state index contributed by atoms with van der Waals surface area (Å²) < 4.78 is 26.4. The third kappa shape index (κ3) is 4.55. The number of aryl methyl sites for hydroxylation is 2. The number of amides is 1. The van der Waals surface area contributed by atoms with Gasteiger partial charge in [-0.2, -0.15) is 0 Å². The highest BCUT2D eigenvalue weighted by molar-refractivity contribution is 8.00. The highest BCUT2D eigenvalue weighted by Crippen LogP contribution is 2.25. The molecule has 5 heteroatoms. The first-order valence-corrected chi connectivity index (χ1v) is 8.52. The zero-order chi connectivity index (χ0) is 16.8. The smallest absolute Gasteiger partial charge is 0.234 e. The van der Waals surface area contributed by atoms with E-state index in [4.69, 9.17) is 0 Å². The lowest BCUT2D eigenvalue weighted by atomic mass is 10.0. The van der Waals surface area contributed by atoms with Crippen LogP contribution in [0.15, 0.2) is 41.3 Å². The third-order valence-corrected chi connectivity index (χ3v) is 4.56. The molecule has 0 aliphatic carbocycles. The molecule has 0 radical (unpaired) electrons. The number of thioether (sulfide) groups is 1. The number of anilines is 1. The average molecular weight is 335 g/mol. The Labute approximate surface area is 139 Å². The van der Waals surface area contributed by atoms with Gasteiger partial charge in [0.05, 0.1) is 5.75 Å². The minimum atomic E-state index is -0.647. The molecule has 0 fully saturated rings. The minimum absolute atomic E-state index is 0.0732. The maximum atomic E-state index is 13.6. The summed E-state index contributed by atoms with van der Waals surface area (Å²) in [6.45, 7) is 4.07. The maximum Gasteiger partial charge on any atom is 0.234 e. The van der Waals surface area contributed by atoms with Crippen molar-refractivity contribution in [3.05, 3.63) is 59.2 Å². The van der Waals surface area contributed by atoms with Gasteiger partial charge in [0.1, 0.15) is 11.6 Å². The molecule has 0 saturated carbocycles. The van der Waals surface area contributed by atoms with Crippen molar-refractivity contribution in [3.8, 4) is 0 Å². The van der Waals surface area contributed by atoms with Gasteiger partial charge in [0, 0.05) is 16.6 Å². The molecule has 2 rings (SSSR count). The minimum Gasteiger partial charge on any atom is -0.325 e. The summed E-state index contributed by atoms with van der Waals surface area (Å²) in [5.41, 5.74) is 3.01. The predicted molar refractivity (Wildman–Crippen MR) is 90.9 cm³/mol. The van der Waals surface area contributed by atoms with Crippen LogP contribution in [0, 0.1) is 11.6 Å². The number of benzene rings is 2. The second kappa shape index (κ2) is 8.11. The number of hydrogen-bond donors (Lipinski definition) is 1. The van der Waals surface area contributed by atoms with Crippen LogP contribution in [0.2, 0.25) is 0 Å². The Kier molecular flexibility index (Phi) is 6.16. The molecule has 2 nitrogen and oxygen atoms in total. The predicted octanol–water partition coefficient (Wildman–Crippen LogP) is 4.82. The van der Waals surface area contributed by atoms with Crippen molar-refractivity contribution in [2.75, 3.05) is 11.1 Å². The van der Waals surface area contributed by atoms with Gasteiger partial charge < -0.3 is 5.32 Å². The molecule has 2 aromatic carbocycles. The van der Waals surface area contributed by atoms with Crippen LogP contribution < -0.4 is 5.32 Å². The van der Waals surface area contributed by atoms with E-state index in [0.29, 0.717) is 0 Å². The van der Waals surface area contributed by atoms with Gasteiger partial charge in [0.15, 0.2) is 0 Å². The van der Waals surface area contributed by atoms with Gasteiger partial charge >= 0.3 is 0 Å². The van der Waals surface area contributed by atoms with Crippen LogP contribution >= 0.6 is 11.8 Å². The molecular weight excluding hydrogens is 316 g/mol. The molecule has 0 aliphatic heterocycles. The highest BCUT2D eigenvalue weighted by Gasteiger charge is 2.12. The Morgan fingerprint density at radius 1 is 1.09 bits per heavy atom. The zero-order valence-corrected chi connectivity index (χ0v) is 14.0. The van der Waals surface area contributed by atoms with E-state index in [1.807, 2.05) is 32.0 Å². The van der Waals surface area contributed by atoms with Gasteiger partial charge in [-0.25, -0.2) is 8.78 Å². The highest BCUT2D eigenvalue weighted by atomic mass is 32.2. The lowest BCUT2D eigenvalue weighted by Crippen LogP contribution is -2.16. The van der Waals surface area contributed by atoms with E-state index in [1.54, 1.807) is 0 Å². The fourth-order valence-electron chi connectivity index (χ4n) is 2.31. The molecule has 2 aromatic rings. The van der Waals surface area contributed by atoms with Crippen molar-refractivity contribution in [1.29, 1.82) is 0 Å². The summed E-state index contributed by atoms with van der Waals surface area (Å²) in [7, 11) is 0. The van der Waals surface area contributed by atoms with E-state index < -0.39 is 11.6 Å². The fraction of sp³-hybridized carbons (Fsp3) is 0.278. The molecule has 1 amide bonds. The molecule has 0 atom stereocenters. The van der Waals surface area contributed by atoms with Crippen molar-refractivity contribution in [3.63, 3.8) is 0 Å². The van der Waals surface area contributed by atoms with Gasteiger partial charge in [-0.1, -0.05) is 32.0 Å². The van der Waals surface area contributed by atoms with E-state index in [9.17, 15) is 13.6 Å². The Hall–Kier alpha value is -1.88. The fourth-order valence-corrected chi connectivity index (χ4v) is 3.03. The second-order valence-corrected chi connectivity index (χ2v) is 6.09. The quantitative estimate of drug-likeness (QED) is 0.767. The van der Waals surface area contributed by atoms with Gasteiger partial charge in [-0.05, 0) is 36.1 Å². The number of rotatable bonds is 6. The lowest BCUT2D eigenvalue weighted by molar-refractivity contribution is -0.113. The SMILES string of the molecule is CCc1cccc(CC)c1NC(=O)CSc1ccc(F)cc1F. The van der Waals surface area contributed by atoms with Crippen LogP contribution in [0.3, 0.4) is 0 Å². The molecule has 122 valence electrons. The summed E-state index contributed by atoms with van der Waals surface area (Å²) in [6.07, 6.45) is 1.65. The topological polar surface area (TPSA) is 29.1 Å². The first-order valence-electron chi connectivity index (χ1n) is 7.53. The molecule has 0 saturated heterocycles. The lowest BCUT2D eigenvalue weighted by Gasteiger charge is -2.14. The van der Waals surface area contributed by atoms with Crippen LogP contribution in [-0.2, 0) is 17.6 Å². The molecule has 0 bridgehead atoms. The average Bonchev–Trinajstić information content (AvgIpc) is 2.54. The summed E-state index contributed by atoms with van der Waals surface area (Å²) in [5.74, 6) is -1.40. The summed E-state index contributed by atoms with van der Waals surface area (Å²) in [6, 6.07) is 9.31. The number of halogens is 2. The molecular formula is C18H19F2NOS. The van der Waals surface area contributed by atoms with E-state index in [1.165, 1.54) is 12.1 Å². The molecule has 1 N–H and O–H groups in total. The molecule has 0 aliphatic rings. The van der Waals surface area contributed by atoms with Crippen molar-refractivity contribution >= 4 is 23.4 Å². The second-order valence-electron chi connectivity index (χ2n) is 5.07. The Balaban J connectivity index is 2.05. The molecule has 0 spiro atoms. The van der Waals surface area contributed by atoms with Crippen molar-refractivity contribution in [2.45, 2.75) is 31.6 Å². The zero-order valence-electron chi connectivity index (χ0n) is 13.2. The van der Waals surface area contributed by atoms with Crippen molar-refractivity contribution in [1.82, 2.24) is 0 Å². The third-order valence-electron chi connectivity index (χ3n) is 3.52. The number of nitrogens with one attached hydrogen (secondary N) is 1. The van der Waals surface area contributed by atoms with Crippen LogP contribution in [0.5, 0.6) is 0 Å². The number of para-hydroxylation sites is 1. The first kappa shape index (κ1) is 17.5. The van der Waals surface area contributed by atoms with Gasteiger partial charge in [0.25, 0.3) is 0 Å². The van der Waals surface area contributed by atoms with Crippen LogP contribution in [0.1, 0.15) is 25.0 Å². The van der Waals surface area contributed by atoms with E-state index >= 15 is 0 Å². The summed E-state index contributed by atoms with van der Waals surface area (Å²) in [4.78, 5) is 12.4. The van der Waals surface area contributed by atoms with E-state index in [2.05, 4.69) is 5.32 Å². The summed E-state index contributed by atoms with van der Waals surface area (Å²) in [5, 5.41) is 2.93. The molecule has 23 heavy (non-hydrogen) atoms. The van der Waals surface area contributed by atoms with Crippen LogP contribution in [0.25, 0.3) is 0 Å². The summed E-state index contributed by atoms with van der Waals surface area (Å²) >= 11 is 1.06. The Morgan fingerprint density at radius 3 is 2.30 bits per heavy atom. The Morgan fingerprint density at radius 2 is 1.74 bits per heavy atom. The van der Waals surface area contributed by atoms with Gasteiger partial charge in [-0.3, -0.25) is 4.79 Å². The largest absolute Gasteiger partial charge is 0.325 e. The van der Waals surface area contributed by atoms with E-state index in [-0.39, 0.29) is 16.6 Å². The molecule has 0 aromatic heterocycles. The van der Waals surface area contributed by atoms with Gasteiger partial charge in [0.2, 0.25) is 5.91 Å². The molecule has 0 heterocycles. The Bertz CT molecular complexity index is 681. The normalized spacial score (nSPS) is 10.6. The van der Waals surface area contributed by atoms with E-state index in [0.717, 1.165) is 47.5 Å². The van der Waals surface area contributed by atoms with Crippen LogP contribution in [0.4, 0.5) is 14.5 Å². The van der Waals surface area contributed by atoms with Crippen molar-refractivity contribution in [2.24, 2.45) is 0 Å². The standard InChI is InChI=1S/C18H19F2NOS/c1-3-12-6-5-7-13(4-2)18(12)21-17(22)11-23-16-9-8-14(19)10-15(16)20/h5-10H,3-4,11H2,1-2H3,(H,21,22). The number of carbonyl (C=O) groups is 1. The maximum absolute atomic E-state index is 13.6. The van der Waals surface area contributed by atoms with Gasteiger partial charge in [-0.15, -0.1) is 11.8 Å². The first-order chi connectivity index (χ1) is 11.0. The number of hydrogen-bond acceptors (Lipinski definition) is 2. The van der Waals surface area contributed by atoms with Crippen LogP contribution in [-0.4, -0.2) is 11.7 Å². The monoisotopic (exact) mass is 335 g/mol.